The van der Waals surface area contributed by atoms with Crippen LogP contribution in [-0.4, -0.2) is 35.2 Å². The minimum Gasteiger partial charge on any atom is -0.480 e. The fourth-order valence-corrected chi connectivity index (χ4v) is 3.80. The highest BCUT2D eigenvalue weighted by molar-refractivity contribution is 5.93. The number of aliphatic carboxylic acids is 1. The number of fused-ring (bicyclic) bond motifs is 1. The first-order valence-electron chi connectivity index (χ1n) is 11.0. The van der Waals surface area contributed by atoms with Crippen molar-refractivity contribution in [2.24, 2.45) is 0 Å². The SMILES string of the molecule is CC(C)N(C)c1c(NC(Cc2ccc(Nc3nccc4ccccc34)cc2)C(=O)O)c(=O)c1=O. The number of anilines is 4. The molecule has 0 saturated carbocycles. The average Bonchev–Trinajstić information content (AvgIpc) is 2.83. The molecule has 0 aliphatic rings. The molecule has 0 amide bonds. The molecular formula is C26H26N4O4. The Balaban J connectivity index is 1.50. The number of nitrogens with one attached hydrogen (secondary N) is 2. The van der Waals surface area contributed by atoms with Gasteiger partial charge in [-0.1, -0.05) is 36.4 Å². The fourth-order valence-electron chi connectivity index (χ4n) is 3.80. The number of hydrogen-bond donors (Lipinski definition) is 3. The third-order valence-corrected chi connectivity index (χ3v) is 5.96. The second-order valence-electron chi connectivity index (χ2n) is 8.53. The van der Waals surface area contributed by atoms with Gasteiger partial charge in [-0.25, -0.2) is 9.78 Å². The molecule has 0 radical (unpaired) electrons. The lowest BCUT2D eigenvalue weighted by molar-refractivity contribution is -0.137. The van der Waals surface area contributed by atoms with Gasteiger partial charge < -0.3 is 20.6 Å². The lowest BCUT2D eigenvalue weighted by Crippen LogP contribution is -2.46. The van der Waals surface area contributed by atoms with Gasteiger partial charge in [0.1, 0.15) is 23.2 Å². The van der Waals surface area contributed by atoms with E-state index < -0.39 is 22.9 Å². The van der Waals surface area contributed by atoms with Gasteiger partial charge in [0.25, 0.3) is 10.9 Å². The Morgan fingerprint density at radius 1 is 1.03 bits per heavy atom. The molecule has 3 aromatic carbocycles. The first-order valence-corrected chi connectivity index (χ1v) is 11.0. The molecule has 34 heavy (non-hydrogen) atoms. The molecule has 8 heteroatoms. The van der Waals surface area contributed by atoms with Crippen molar-refractivity contribution >= 4 is 39.6 Å². The minimum atomic E-state index is -1.10. The molecule has 1 heterocycles. The maximum Gasteiger partial charge on any atom is 0.326 e. The van der Waals surface area contributed by atoms with Crippen LogP contribution in [0.1, 0.15) is 19.4 Å². The molecule has 0 fully saturated rings. The quantitative estimate of drug-likeness (QED) is 0.327. The van der Waals surface area contributed by atoms with Crippen LogP contribution in [0.25, 0.3) is 10.8 Å². The zero-order chi connectivity index (χ0) is 24.4. The summed E-state index contributed by atoms with van der Waals surface area (Å²) in [5.41, 5.74) is 0.600. The Morgan fingerprint density at radius 2 is 1.74 bits per heavy atom. The summed E-state index contributed by atoms with van der Waals surface area (Å²) in [5.74, 6) is -0.369. The van der Waals surface area contributed by atoms with E-state index in [4.69, 9.17) is 0 Å². The van der Waals surface area contributed by atoms with Crippen LogP contribution in [0.2, 0.25) is 0 Å². The monoisotopic (exact) mass is 458 g/mol. The summed E-state index contributed by atoms with van der Waals surface area (Å²) in [6.07, 6.45) is 1.89. The molecule has 3 N–H and O–H groups in total. The van der Waals surface area contributed by atoms with Gasteiger partial charge in [-0.15, -0.1) is 0 Å². The largest absolute Gasteiger partial charge is 0.480 e. The van der Waals surface area contributed by atoms with E-state index in [9.17, 15) is 19.5 Å². The predicted octanol–water partition coefficient (Wildman–Crippen LogP) is 3.53. The van der Waals surface area contributed by atoms with Crippen LogP contribution in [0.4, 0.5) is 22.9 Å². The number of pyridine rings is 1. The molecule has 0 bridgehead atoms. The Bertz CT molecular complexity index is 1400. The van der Waals surface area contributed by atoms with Crippen LogP contribution >= 0.6 is 0 Å². The van der Waals surface area contributed by atoms with Gasteiger partial charge in [0.15, 0.2) is 0 Å². The van der Waals surface area contributed by atoms with Gasteiger partial charge >= 0.3 is 5.97 Å². The van der Waals surface area contributed by atoms with Gasteiger partial charge in [-0.3, -0.25) is 9.59 Å². The summed E-state index contributed by atoms with van der Waals surface area (Å²) in [6, 6.07) is 16.2. The summed E-state index contributed by atoms with van der Waals surface area (Å²) in [4.78, 5) is 42.2. The van der Waals surface area contributed by atoms with Crippen molar-refractivity contribution < 1.29 is 9.90 Å². The van der Waals surface area contributed by atoms with E-state index >= 15 is 0 Å². The van der Waals surface area contributed by atoms with Crippen LogP contribution in [0, 0.1) is 0 Å². The van der Waals surface area contributed by atoms with Crippen molar-refractivity contribution in [3.05, 3.63) is 86.8 Å². The molecule has 174 valence electrons. The van der Waals surface area contributed by atoms with E-state index in [1.165, 1.54) is 0 Å². The number of rotatable bonds is 9. The van der Waals surface area contributed by atoms with Gasteiger partial charge in [0, 0.05) is 36.8 Å². The van der Waals surface area contributed by atoms with Crippen LogP contribution in [0.15, 0.2) is 70.4 Å². The summed E-state index contributed by atoms with van der Waals surface area (Å²) >= 11 is 0. The van der Waals surface area contributed by atoms with E-state index in [1.807, 2.05) is 68.4 Å². The molecule has 4 aromatic rings. The molecule has 4 rings (SSSR count). The van der Waals surface area contributed by atoms with Gasteiger partial charge in [-0.05, 0) is 43.0 Å². The van der Waals surface area contributed by atoms with Crippen molar-refractivity contribution in [3.63, 3.8) is 0 Å². The first kappa shape index (κ1) is 23.0. The number of hydrogen-bond acceptors (Lipinski definition) is 7. The molecule has 0 spiro atoms. The van der Waals surface area contributed by atoms with Gasteiger partial charge in [0.05, 0.1) is 0 Å². The van der Waals surface area contributed by atoms with Crippen LogP contribution in [0.3, 0.4) is 0 Å². The topological polar surface area (TPSA) is 112 Å². The van der Waals surface area contributed by atoms with Crippen molar-refractivity contribution in [1.29, 1.82) is 0 Å². The standard InChI is InChI=1S/C26H26N4O4/c1-15(2)30(3)22-21(23(31)24(22)32)29-20(26(33)34)14-16-8-10-18(11-9-16)28-25-19-7-5-4-6-17(19)12-13-27-25/h4-13,15,20,29H,14H2,1-3H3,(H,27,28)(H,33,34). The number of benzene rings is 2. The van der Waals surface area contributed by atoms with Crippen molar-refractivity contribution in [3.8, 4) is 0 Å². The van der Waals surface area contributed by atoms with Crippen LogP contribution in [0.5, 0.6) is 0 Å². The molecule has 8 nitrogen and oxygen atoms in total. The maximum atomic E-state index is 12.1. The summed E-state index contributed by atoms with van der Waals surface area (Å²) in [6.45, 7) is 3.78. The van der Waals surface area contributed by atoms with Crippen LogP contribution < -0.4 is 26.4 Å². The van der Waals surface area contributed by atoms with E-state index in [2.05, 4.69) is 15.6 Å². The zero-order valence-electron chi connectivity index (χ0n) is 19.2. The third-order valence-electron chi connectivity index (χ3n) is 5.96. The second-order valence-corrected chi connectivity index (χ2v) is 8.53. The van der Waals surface area contributed by atoms with Crippen molar-refractivity contribution in [2.45, 2.75) is 32.4 Å². The average molecular weight is 459 g/mol. The van der Waals surface area contributed by atoms with Gasteiger partial charge in [0.2, 0.25) is 0 Å². The normalized spacial score (nSPS) is 12.1. The lowest BCUT2D eigenvalue weighted by Gasteiger charge is -2.28. The number of carboxylic acid groups (broad SMARTS) is 1. The Morgan fingerprint density at radius 3 is 2.41 bits per heavy atom. The highest BCUT2D eigenvalue weighted by Crippen LogP contribution is 2.25. The Hall–Kier alpha value is -4.20. The first-order chi connectivity index (χ1) is 16.3. The predicted molar refractivity (Wildman–Crippen MR) is 135 cm³/mol. The van der Waals surface area contributed by atoms with E-state index in [1.54, 1.807) is 18.1 Å². The lowest BCUT2D eigenvalue weighted by atomic mass is 10.0. The number of carbonyl (C=O) groups is 1. The molecule has 1 aromatic heterocycles. The van der Waals surface area contributed by atoms with E-state index in [0.717, 1.165) is 27.8 Å². The summed E-state index contributed by atoms with van der Waals surface area (Å²) in [5, 5.41) is 17.9. The number of aromatic nitrogens is 1. The number of carboxylic acids is 1. The number of nitrogens with zero attached hydrogens (tertiary/aromatic N) is 2. The van der Waals surface area contributed by atoms with Crippen molar-refractivity contribution in [2.75, 3.05) is 22.6 Å². The van der Waals surface area contributed by atoms with E-state index in [-0.39, 0.29) is 23.8 Å². The summed E-state index contributed by atoms with van der Waals surface area (Å²) in [7, 11) is 1.71. The minimum absolute atomic E-state index is 0.0107. The maximum absolute atomic E-state index is 12.1. The smallest absolute Gasteiger partial charge is 0.326 e. The van der Waals surface area contributed by atoms with Gasteiger partial charge in [-0.2, -0.15) is 0 Å². The van der Waals surface area contributed by atoms with Crippen LogP contribution in [-0.2, 0) is 11.2 Å². The Kier molecular flexibility index (Phi) is 6.32. The highest BCUT2D eigenvalue weighted by atomic mass is 16.4. The fraction of sp³-hybridized carbons (Fsp3) is 0.231. The highest BCUT2D eigenvalue weighted by Gasteiger charge is 2.29. The zero-order valence-corrected chi connectivity index (χ0v) is 19.2. The third kappa shape index (κ3) is 4.47. The van der Waals surface area contributed by atoms with Crippen molar-refractivity contribution in [1.82, 2.24) is 4.98 Å². The molecular weight excluding hydrogens is 432 g/mol. The molecule has 1 atom stereocenters. The summed E-state index contributed by atoms with van der Waals surface area (Å²) < 4.78 is 0. The molecule has 0 aliphatic carbocycles. The molecule has 0 saturated heterocycles. The Labute approximate surface area is 196 Å². The molecule has 0 aliphatic heterocycles. The molecule has 1 unspecified atom stereocenters. The second kappa shape index (κ2) is 9.35. The van der Waals surface area contributed by atoms with E-state index in [0.29, 0.717) is 0 Å².